The van der Waals surface area contributed by atoms with Gasteiger partial charge in [0.1, 0.15) is 11.8 Å². The summed E-state index contributed by atoms with van der Waals surface area (Å²) in [6.07, 6.45) is 1.98. The van der Waals surface area contributed by atoms with Crippen molar-refractivity contribution in [1.29, 1.82) is 5.26 Å². The fourth-order valence-corrected chi connectivity index (χ4v) is 2.05. The van der Waals surface area contributed by atoms with Crippen LogP contribution >= 0.6 is 0 Å². The van der Waals surface area contributed by atoms with Gasteiger partial charge in [-0.25, -0.2) is 0 Å². The van der Waals surface area contributed by atoms with Crippen molar-refractivity contribution >= 4 is 10.9 Å². The van der Waals surface area contributed by atoms with E-state index in [1.165, 1.54) is 0 Å². The van der Waals surface area contributed by atoms with Gasteiger partial charge in [0.15, 0.2) is 0 Å². The molecule has 4 nitrogen and oxygen atoms in total. The van der Waals surface area contributed by atoms with Crippen LogP contribution in [0.25, 0.3) is 10.9 Å². The van der Waals surface area contributed by atoms with Gasteiger partial charge in [-0.2, -0.15) is 5.26 Å². The SMILES string of the molecule is CNC(C#N)c1cn(C)c2ccc(OC)cc12. The number of aryl methyl sites for hydroxylation is 1. The van der Waals surface area contributed by atoms with E-state index in [1.807, 2.05) is 36.0 Å². The summed E-state index contributed by atoms with van der Waals surface area (Å²) in [5, 5.41) is 13.2. The largest absolute Gasteiger partial charge is 0.497 e. The molecule has 1 heterocycles. The van der Waals surface area contributed by atoms with Crippen LogP contribution in [-0.2, 0) is 7.05 Å². The predicted octanol–water partition coefficient (Wildman–Crippen LogP) is 1.97. The van der Waals surface area contributed by atoms with Crippen molar-refractivity contribution in [3.63, 3.8) is 0 Å². The molecule has 0 saturated heterocycles. The zero-order valence-corrected chi connectivity index (χ0v) is 10.2. The maximum Gasteiger partial charge on any atom is 0.123 e. The number of methoxy groups -OCH3 is 1. The Morgan fingerprint density at radius 3 is 2.82 bits per heavy atom. The molecule has 17 heavy (non-hydrogen) atoms. The van der Waals surface area contributed by atoms with Gasteiger partial charge in [0, 0.05) is 29.7 Å². The van der Waals surface area contributed by atoms with E-state index in [9.17, 15) is 0 Å². The summed E-state index contributed by atoms with van der Waals surface area (Å²) in [6.45, 7) is 0. The second-order valence-electron chi connectivity index (χ2n) is 3.93. The number of nitriles is 1. The summed E-state index contributed by atoms with van der Waals surface area (Å²) in [7, 11) is 5.40. The van der Waals surface area contributed by atoms with Crippen LogP contribution in [0.2, 0.25) is 0 Å². The van der Waals surface area contributed by atoms with Crippen LogP contribution in [0.3, 0.4) is 0 Å². The van der Waals surface area contributed by atoms with Gasteiger partial charge in [0.25, 0.3) is 0 Å². The zero-order chi connectivity index (χ0) is 12.4. The molecule has 4 heteroatoms. The zero-order valence-electron chi connectivity index (χ0n) is 10.2. The molecular weight excluding hydrogens is 214 g/mol. The van der Waals surface area contributed by atoms with Gasteiger partial charge in [-0.05, 0) is 25.2 Å². The Kier molecular flexibility index (Phi) is 3.03. The van der Waals surface area contributed by atoms with Crippen molar-refractivity contribution in [3.05, 3.63) is 30.0 Å². The van der Waals surface area contributed by atoms with Crippen molar-refractivity contribution in [2.45, 2.75) is 6.04 Å². The molecule has 2 aromatic rings. The van der Waals surface area contributed by atoms with Crippen LogP contribution in [0, 0.1) is 11.3 Å². The van der Waals surface area contributed by atoms with E-state index in [4.69, 9.17) is 10.00 Å². The lowest BCUT2D eigenvalue weighted by Gasteiger charge is -2.06. The fourth-order valence-electron chi connectivity index (χ4n) is 2.05. The van der Waals surface area contributed by atoms with Gasteiger partial charge in [-0.15, -0.1) is 0 Å². The highest BCUT2D eigenvalue weighted by Crippen LogP contribution is 2.28. The summed E-state index contributed by atoms with van der Waals surface area (Å²) in [5.41, 5.74) is 2.07. The molecule has 0 aliphatic heterocycles. The average Bonchev–Trinajstić information content (AvgIpc) is 2.68. The highest BCUT2D eigenvalue weighted by atomic mass is 16.5. The van der Waals surface area contributed by atoms with Gasteiger partial charge < -0.3 is 14.6 Å². The number of rotatable bonds is 3. The number of nitrogens with one attached hydrogen (secondary N) is 1. The number of aromatic nitrogens is 1. The molecule has 0 spiro atoms. The summed E-state index contributed by atoms with van der Waals surface area (Å²) >= 11 is 0. The van der Waals surface area contributed by atoms with Crippen LogP contribution in [0.5, 0.6) is 5.75 Å². The molecule has 1 N–H and O–H groups in total. The Hall–Kier alpha value is -1.99. The van der Waals surface area contributed by atoms with Crippen LogP contribution in [0.1, 0.15) is 11.6 Å². The third-order valence-corrected chi connectivity index (χ3v) is 2.96. The monoisotopic (exact) mass is 229 g/mol. The Balaban J connectivity index is 2.67. The van der Waals surface area contributed by atoms with Crippen molar-refractivity contribution in [2.24, 2.45) is 7.05 Å². The maximum atomic E-state index is 9.12. The Labute approximate surface area is 100 Å². The van der Waals surface area contributed by atoms with E-state index in [1.54, 1.807) is 14.2 Å². The van der Waals surface area contributed by atoms with Crippen LogP contribution in [0.15, 0.2) is 24.4 Å². The van der Waals surface area contributed by atoms with Crippen LogP contribution < -0.4 is 10.1 Å². The third kappa shape index (κ3) is 1.85. The lowest BCUT2D eigenvalue weighted by Crippen LogP contribution is -2.13. The Morgan fingerprint density at radius 2 is 2.24 bits per heavy atom. The maximum absolute atomic E-state index is 9.12. The molecule has 1 aromatic heterocycles. The Bertz CT molecular complexity index is 580. The molecule has 1 unspecified atom stereocenters. The fraction of sp³-hybridized carbons (Fsp3) is 0.308. The molecule has 88 valence electrons. The highest BCUT2D eigenvalue weighted by molar-refractivity contribution is 5.86. The first-order valence-corrected chi connectivity index (χ1v) is 5.41. The minimum absolute atomic E-state index is 0.300. The van der Waals surface area contributed by atoms with Crippen LogP contribution in [0.4, 0.5) is 0 Å². The van der Waals surface area contributed by atoms with Gasteiger partial charge >= 0.3 is 0 Å². The van der Waals surface area contributed by atoms with Crippen molar-refractivity contribution in [3.8, 4) is 11.8 Å². The van der Waals surface area contributed by atoms with Gasteiger partial charge in [-0.3, -0.25) is 0 Å². The molecular formula is C13H15N3O. The van der Waals surface area contributed by atoms with Crippen molar-refractivity contribution < 1.29 is 4.74 Å². The number of hydrogen-bond acceptors (Lipinski definition) is 3. The number of nitrogens with zero attached hydrogens (tertiary/aromatic N) is 2. The van der Waals surface area contributed by atoms with E-state index >= 15 is 0 Å². The minimum atomic E-state index is -0.300. The quantitative estimate of drug-likeness (QED) is 0.875. The highest BCUT2D eigenvalue weighted by Gasteiger charge is 2.15. The number of benzene rings is 1. The van der Waals surface area contributed by atoms with E-state index in [-0.39, 0.29) is 6.04 Å². The third-order valence-electron chi connectivity index (χ3n) is 2.96. The smallest absolute Gasteiger partial charge is 0.123 e. The van der Waals surface area contributed by atoms with E-state index in [2.05, 4.69) is 11.4 Å². The molecule has 0 aliphatic rings. The number of fused-ring (bicyclic) bond motifs is 1. The molecule has 1 aromatic carbocycles. The normalized spacial score (nSPS) is 12.4. The average molecular weight is 229 g/mol. The number of hydrogen-bond donors (Lipinski definition) is 1. The Morgan fingerprint density at radius 1 is 1.47 bits per heavy atom. The predicted molar refractivity (Wildman–Crippen MR) is 66.9 cm³/mol. The van der Waals surface area contributed by atoms with Crippen molar-refractivity contribution in [2.75, 3.05) is 14.2 Å². The number of ether oxygens (including phenoxy) is 1. The van der Waals surface area contributed by atoms with Crippen LogP contribution in [-0.4, -0.2) is 18.7 Å². The van der Waals surface area contributed by atoms with Crippen molar-refractivity contribution in [1.82, 2.24) is 9.88 Å². The summed E-state index contributed by atoms with van der Waals surface area (Å²) in [6, 6.07) is 7.84. The first kappa shape index (κ1) is 11.5. The van der Waals surface area contributed by atoms with E-state index in [0.29, 0.717) is 0 Å². The molecule has 0 radical (unpaired) electrons. The first-order valence-electron chi connectivity index (χ1n) is 5.41. The van der Waals surface area contributed by atoms with Gasteiger partial charge in [0.2, 0.25) is 0 Å². The standard InChI is InChI=1S/C13H15N3O/c1-15-12(7-14)11-8-16(2)13-5-4-9(17-3)6-10(11)13/h4-6,8,12,15H,1-3H3. The second-order valence-corrected chi connectivity index (χ2v) is 3.93. The molecule has 0 fully saturated rings. The molecule has 0 aliphatic carbocycles. The molecule has 0 amide bonds. The second kappa shape index (κ2) is 4.48. The van der Waals surface area contributed by atoms with Gasteiger partial charge in [0.05, 0.1) is 13.2 Å². The molecule has 1 atom stereocenters. The lowest BCUT2D eigenvalue weighted by molar-refractivity contribution is 0.415. The molecule has 2 rings (SSSR count). The molecule has 0 bridgehead atoms. The van der Waals surface area contributed by atoms with Gasteiger partial charge in [-0.1, -0.05) is 0 Å². The summed E-state index contributed by atoms with van der Waals surface area (Å²) in [5.74, 6) is 0.803. The minimum Gasteiger partial charge on any atom is -0.497 e. The lowest BCUT2D eigenvalue weighted by atomic mass is 10.1. The molecule has 0 saturated carbocycles. The first-order chi connectivity index (χ1) is 8.21. The summed E-state index contributed by atoms with van der Waals surface area (Å²) in [4.78, 5) is 0. The van der Waals surface area contributed by atoms with E-state index in [0.717, 1.165) is 22.2 Å². The topological polar surface area (TPSA) is 50.0 Å². The van der Waals surface area contributed by atoms with E-state index < -0.39 is 0 Å². The summed E-state index contributed by atoms with van der Waals surface area (Å²) < 4.78 is 7.24.